The summed E-state index contributed by atoms with van der Waals surface area (Å²) in [6.45, 7) is 2.07. The highest BCUT2D eigenvalue weighted by Gasteiger charge is 2.22. The van der Waals surface area contributed by atoms with Gasteiger partial charge >= 0.3 is 0 Å². The van der Waals surface area contributed by atoms with Gasteiger partial charge < -0.3 is 20.3 Å². The number of anilines is 2. The van der Waals surface area contributed by atoms with E-state index in [2.05, 4.69) is 39.8 Å². The van der Waals surface area contributed by atoms with Crippen LogP contribution in [-0.4, -0.2) is 50.3 Å². The maximum absolute atomic E-state index is 5.45. The van der Waals surface area contributed by atoms with Crippen LogP contribution in [0.5, 0.6) is 5.75 Å². The van der Waals surface area contributed by atoms with Crippen molar-refractivity contribution in [1.29, 1.82) is 0 Å². The van der Waals surface area contributed by atoms with Crippen molar-refractivity contribution in [2.75, 3.05) is 44.5 Å². The second-order valence-electron chi connectivity index (χ2n) is 8.91. The van der Waals surface area contributed by atoms with Gasteiger partial charge in [0.2, 0.25) is 5.95 Å². The molecule has 2 aromatic carbocycles. The third-order valence-corrected chi connectivity index (χ3v) is 6.38. The summed E-state index contributed by atoms with van der Waals surface area (Å²) in [5.41, 5.74) is 2.25. The van der Waals surface area contributed by atoms with E-state index in [9.17, 15) is 0 Å². The number of methoxy groups -OCH3 is 1. The Balaban J connectivity index is 1.25. The second-order valence-corrected chi connectivity index (χ2v) is 8.91. The zero-order chi connectivity index (χ0) is 22.3. The zero-order valence-corrected chi connectivity index (χ0v) is 19.5. The van der Waals surface area contributed by atoms with Gasteiger partial charge in [-0.15, -0.1) is 0 Å². The van der Waals surface area contributed by atoms with Crippen molar-refractivity contribution in [2.45, 2.75) is 38.1 Å². The molecule has 3 aromatic rings. The molecule has 0 unspecified atom stereocenters. The van der Waals surface area contributed by atoms with Crippen molar-refractivity contribution in [2.24, 2.45) is 5.92 Å². The number of fused-ring (bicyclic) bond motifs is 1. The third-order valence-electron chi connectivity index (χ3n) is 6.38. The number of nitrogens with zero attached hydrogens (tertiary/aromatic N) is 3. The second kappa shape index (κ2) is 10.6. The van der Waals surface area contributed by atoms with E-state index in [-0.39, 0.29) is 0 Å². The molecule has 2 N–H and O–H groups in total. The maximum atomic E-state index is 5.45. The molecule has 6 nitrogen and oxygen atoms in total. The molecule has 0 saturated heterocycles. The Morgan fingerprint density at radius 2 is 1.72 bits per heavy atom. The lowest BCUT2D eigenvalue weighted by Crippen LogP contribution is -2.32. The molecule has 0 atom stereocenters. The monoisotopic (exact) mass is 433 g/mol. The normalized spacial score (nSPS) is 18.5. The van der Waals surface area contributed by atoms with Crippen LogP contribution < -0.4 is 20.3 Å². The minimum Gasteiger partial charge on any atom is -0.496 e. The lowest BCUT2D eigenvalue weighted by atomic mass is 9.86. The molecular weight excluding hydrogens is 398 g/mol. The van der Waals surface area contributed by atoms with Crippen molar-refractivity contribution in [3.8, 4) is 5.75 Å². The highest BCUT2D eigenvalue weighted by atomic mass is 16.5. The molecular formula is C26H35N5O. The lowest BCUT2D eigenvalue weighted by Gasteiger charge is -2.29. The number of rotatable bonds is 9. The van der Waals surface area contributed by atoms with Crippen LogP contribution in [0.4, 0.5) is 11.8 Å². The molecule has 170 valence electrons. The topological polar surface area (TPSA) is 62.3 Å². The molecule has 0 bridgehead atoms. The van der Waals surface area contributed by atoms with Crippen molar-refractivity contribution in [3.63, 3.8) is 0 Å². The Hall–Kier alpha value is -2.86. The number of nitrogens with one attached hydrogen (secondary N) is 2. The van der Waals surface area contributed by atoms with Gasteiger partial charge in [-0.05, 0) is 74.9 Å². The van der Waals surface area contributed by atoms with E-state index < -0.39 is 0 Å². The predicted octanol–water partition coefficient (Wildman–Crippen LogP) is 4.51. The smallest absolute Gasteiger partial charge is 0.225 e. The van der Waals surface area contributed by atoms with E-state index in [4.69, 9.17) is 14.7 Å². The Kier molecular flexibility index (Phi) is 7.43. The molecule has 1 heterocycles. The van der Waals surface area contributed by atoms with E-state index in [1.54, 1.807) is 7.11 Å². The van der Waals surface area contributed by atoms with E-state index >= 15 is 0 Å². The third kappa shape index (κ3) is 5.49. The van der Waals surface area contributed by atoms with Crippen LogP contribution in [0.25, 0.3) is 10.9 Å². The molecule has 0 spiro atoms. The average Bonchev–Trinajstić information content (AvgIpc) is 2.82. The van der Waals surface area contributed by atoms with E-state index in [0.717, 1.165) is 66.7 Å². The lowest BCUT2D eigenvalue weighted by molar-refractivity contribution is 0.324. The maximum Gasteiger partial charge on any atom is 0.225 e. The first kappa shape index (κ1) is 22.3. The van der Waals surface area contributed by atoms with Crippen molar-refractivity contribution < 1.29 is 4.74 Å². The van der Waals surface area contributed by atoms with E-state index in [1.165, 1.54) is 18.4 Å². The molecule has 0 radical (unpaired) electrons. The zero-order valence-electron chi connectivity index (χ0n) is 19.5. The molecule has 0 aliphatic heterocycles. The summed E-state index contributed by atoms with van der Waals surface area (Å²) >= 11 is 0. The largest absolute Gasteiger partial charge is 0.496 e. The van der Waals surface area contributed by atoms with E-state index in [0.29, 0.717) is 6.04 Å². The molecule has 1 fully saturated rings. The summed E-state index contributed by atoms with van der Waals surface area (Å²) in [6, 6.07) is 16.9. The number of ether oxygens (including phenoxy) is 1. The van der Waals surface area contributed by atoms with Gasteiger partial charge in [0.05, 0.1) is 12.6 Å². The first-order valence-corrected chi connectivity index (χ1v) is 11.7. The quantitative estimate of drug-likeness (QED) is 0.484. The predicted molar refractivity (Wildman–Crippen MR) is 133 cm³/mol. The summed E-state index contributed by atoms with van der Waals surface area (Å²) in [4.78, 5) is 11.6. The standard InChI is InChI=1S/C26H35N5O/c1-31(2)25-22-9-5-6-10-23(22)29-26(30-25)28-21-14-12-19(13-15-21)18-27-17-16-20-8-4-7-11-24(20)32-3/h4-11,19,21,27H,12-18H2,1-3H3,(H,28,29,30)/t19-,21+. The minimum atomic E-state index is 0.441. The molecule has 1 aliphatic carbocycles. The summed E-state index contributed by atoms with van der Waals surface area (Å²) < 4.78 is 5.45. The minimum absolute atomic E-state index is 0.441. The molecule has 4 rings (SSSR count). The number of hydrogen-bond donors (Lipinski definition) is 2. The fourth-order valence-electron chi connectivity index (χ4n) is 4.60. The highest BCUT2D eigenvalue weighted by Crippen LogP contribution is 2.28. The van der Waals surface area contributed by atoms with Gasteiger partial charge in [0.25, 0.3) is 0 Å². The van der Waals surface area contributed by atoms with Crippen molar-refractivity contribution in [3.05, 3.63) is 54.1 Å². The Labute approximate surface area is 191 Å². The van der Waals surface area contributed by atoms with Crippen LogP contribution >= 0.6 is 0 Å². The summed E-state index contributed by atoms with van der Waals surface area (Å²) in [6.07, 6.45) is 5.77. The molecule has 6 heteroatoms. The first-order valence-electron chi connectivity index (χ1n) is 11.7. The molecule has 0 amide bonds. The molecule has 32 heavy (non-hydrogen) atoms. The Morgan fingerprint density at radius 1 is 0.969 bits per heavy atom. The fourth-order valence-corrected chi connectivity index (χ4v) is 4.60. The van der Waals surface area contributed by atoms with Gasteiger partial charge in [-0.1, -0.05) is 30.3 Å². The van der Waals surface area contributed by atoms with Gasteiger partial charge in [0.15, 0.2) is 0 Å². The summed E-state index contributed by atoms with van der Waals surface area (Å²) in [5.74, 6) is 3.42. The summed E-state index contributed by atoms with van der Waals surface area (Å²) in [7, 11) is 5.80. The van der Waals surface area contributed by atoms with Crippen LogP contribution in [0.15, 0.2) is 48.5 Å². The van der Waals surface area contributed by atoms with Gasteiger partial charge in [0.1, 0.15) is 11.6 Å². The van der Waals surface area contributed by atoms with Gasteiger partial charge in [-0.2, -0.15) is 4.98 Å². The number of hydrogen-bond acceptors (Lipinski definition) is 6. The number of para-hydroxylation sites is 2. The van der Waals surface area contributed by atoms with Gasteiger partial charge in [-0.25, -0.2) is 4.98 Å². The number of benzene rings is 2. The average molecular weight is 434 g/mol. The first-order chi connectivity index (χ1) is 15.6. The Bertz CT molecular complexity index is 1010. The van der Waals surface area contributed by atoms with Crippen LogP contribution in [0, 0.1) is 5.92 Å². The summed E-state index contributed by atoms with van der Waals surface area (Å²) in [5, 5.41) is 8.35. The highest BCUT2D eigenvalue weighted by molar-refractivity contribution is 5.90. The van der Waals surface area contributed by atoms with Gasteiger partial charge in [-0.3, -0.25) is 0 Å². The van der Waals surface area contributed by atoms with Crippen LogP contribution in [0.2, 0.25) is 0 Å². The fraction of sp³-hybridized carbons (Fsp3) is 0.462. The molecule has 1 aliphatic rings. The van der Waals surface area contributed by atoms with Crippen LogP contribution in [-0.2, 0) is 6.42 Å². The molecule has 1 saturated carbocycles. The molecule has 1 aromatic heterocycles. The van der Waals surface area contributed by atoms with E-state index in [1.807, 2.05) is 38.4 Å². The number of aromatic nitrogens is 2. The van der Waals surface area contributed by atoms with Crippen molar-refractivity contribution in [1.82, 2.24) is 15.3 Å². The van der Waals surface area contributed by atoms with Gasteiger partial charge in [0, 0.05) is 25.5 Å². The van der Waals surface area contributed by atoms with Crippen molar-refractivity contribution >= 4 is 22.7 Å². The van der Waals surface area contributed by atoms with Crippen LogP contribution in [0.1, 0.15) is 31.2 Å². The van der Waals surface area contributed by atoms with Crippen LogP contribution in [0.3, 0.4) is 0 Å². The Morgan fingerprint density at radius 3 is 2.50 bits per heavy atom. The SMILES string of the molecule is COc1ccccc1CCNC[C@H]1CC[C@@H](Nc2nc(N(C)C)c3ccccc3n2)CC1.